The van der Waals surface area contributed by atoms with Crippen LogP contribution in [-0.2, 0) is 11.2 Å². The third kappa shape index (κ3) is 9.84. The van der Waals surface area contributed by atoms with Crippen LogP contribution in [0, 0.1) is 0 Å². The summed E-state index contributed by atoms with van der Waals surface area (Å²) >= 11 is 7.18. The van der Waals surface area contributed by atoms with Gasteiger partial charge in [0.15, 0.2) is 0 Å². The fraction of sp³-hybridized carbons (Fsp3) is 0.407. The Morgan fingerprint density at radius 3 is 2.06 bits per heavy atom. The van der Waals surface area contributed by atoms with Gasteiger partial charge >= 0.3 is 5.97 Å². The normalized spacial score (nSPS) is 11.5. The van der Waals surface area contributed by atoms with E-state index < -0.39 is 5.97 Å². The Labute approximate surface area is 197 Å². The van der Waals surface area contributed by atoms with Gasteiger partial charge in [0.2, 0.25) is 0 Å². The van der Waals surface area contributed by atoms with Gasteiger partial charge in [-0.3, -0.25) is 0 Å². The van der Waals surface area contributed by atoms with E-state index in [0.717, 1.165) is 26.6 Å². The summed E-state index contributed by atoms with van der Waals surface area (Å²) in [6, 6.07) is 16.5. The Morgan fingerprint density at radius 2 is 1.48 bits per heavy atom. The van der Waals surface area contributed by atoms with Crippen molar-refractivity contribution < 1.29 is 9.90 Å². The lowest BCUT2D eigenvalue weighted by Crippen LogP contribution is -1.95. The van der Waals surface area contributed by atoms with Crippen LogP contribution >= 0.6 is 24.0 Å². The number of unbranched alkanes of at least 4 members (excludes halogenated alkanes) is 7. The van der Waals surface area contributed by atoms with Crippen molar-refractivity contribution >= 4 is 40.2 Å². The standard InChI is InChI=1S/C27H34O2S2/c1-3-4-5-6-7-8-9-10-11-22-12-16-24(17-13-22)27(30)31-25-18-14-23(15-19-25)20-21(2)26(28)29/h12-20H,3-11H2,1-2H3,(H,28,29). The Bertz CT molecular complexity index is 852. The van der Waals surface area contributed by atoms with Gasteiger partial charge < -0.3 is 5.11 Å². The summed E-state index contributed by atoms with van der Waals surface area (Å²) in [6.45, 7) is 3.86. The molecule has 0 aliphatic rings. The maximum atomic E-state index is 10.9. The third-order valence-corrected chi connectivity index (χ3v) is 6.73. The second-order valence-electron chi connectivity index (χ2n) is 8.01. The molecular formula is C27H34O2S2. The summed E-state index contributed by atoms with van der Waals surface area (Å²) in [6.07, 6.45) is 13.6. The monoisotopic (exact) mass is 454 g/mol. The van der Waals surface area contributed by atoms with E-state index in [1.807, 2.05) is 24.3 Å². The second kappa shape index (κ2) is 14.2. The molecule has 0 aliphatic carbocycles. The molecule has 0 amide bonds. The van der Waals surface area contributed by atoms with Gasteiger partial charge in [-0.2, -0.15) is 0 Å². The molecule has 1 N–H and O–H groups in total. The Hall–Kier alpha value is -1.91. The quantitative estimate of drug-likeness (QED) is 0.143. The van der Waals surface area contributed by atoms with Crippen molar-refractivity contribution in [3.8, 4) is 0 Å². The van der Waals surface area contributed by atoms with E-state index in [2.05, 4.69) is 31.2 Å². The van der Waals surface area contributed by atoms with Crippen LogP contribution in [0.15, 0.2) is 59.0 Å². The number of thioether (sulfide) groups is 1. The topological polar surface area (TPSA) is 37.3 Å². The molecule has 0 aliphatic heterocycles. The summed E-state index contributed by atoms with van der Waals surface area (Å²) in [5.41, 5.74) is 3.65. The highest BCUT2D eigenvalue weighted by Gasteiger charge is 2.05. The first kappa shape index (κ1) is 25.4. The molecular weight excluding hydrogens is 420 g/mol. The lowest BCUT2D eigenvalue weighted by molar-refractivity contribution is -0.132. The highest BCUT2D eigenvalue weighted by Crippen LogP contribution is 2.25. The fourth-order valence-electron chi connectivity index (χ4n) is 3.38. The molecule has 0 saturated carbocycles. The van der Waals surface area contributed by atoms with E-state index >= 15 is 0 Å². The number of hydrogen-bond donors (Lipinski definition) is 1. The molecule has 2 rings (SSSR count). The van der Waals surface area contributed by atoms with E-state index in [9.17, 15) is 4.79 Å². The maximum absolute atomic E-state index is 10.9. The Kier molecular flexibility index (Phi) is 11.6. The van der Waals surface area contributed by atoms with Crippen molar-refractivity contribution in [3.05, 3.63) is 70.8 Å². The largest absolute Gasteiger partial charge is 0.478 e. The second-order valence-corrected chi connectivity index (χ2v) is 9.76. The molecule has 2 aromatic carbocycles. The third-order valence-electron chi connectivity index (χ3n) is 5.32. The van der Waals surface area contributed by atoms with Gasteiger partial charge in [0.1, 0.15) is 0 Å². The van der Waals surface area contributed by atoms with Crippen LogP contribution < -0.4 is 0 Å². The van der Waals surface area contributed by atoms with E-state index in [4.69, 9.17) is 17.3 Å². The molecule has 0 atom stereocenters. The number of carboxylic acid groups (broad SMARTS) is 1. The fourth-order valence-corrected chi connectivity index (χ4v) is 4.55. The molecule has 0 saturated heterocycles. The number of aryl methyl sites for hydroxylation is 1. The lowest BCUT2D eigenvalue weighted by Gasteiger charge is -2.07. The molecule has 0 unspecified atom stereocenters. The first-order chi connectivity index (χ1) is 15.0. The van der Waals surface area contributed by atoms with Gasteiger partial charge in [-0.15, -0.1) is 0 Å². The van der Waals surface area contributed by atoms with Crippen LogP contribution in [0.25, 0.3) is 6.08 Å². The van der Waals surface area contributed by atoms with E-state index in [1.54, 1.807) is 24.8 Å². The minimum absolute atomic E-state index is 0.322. The highest BCUT2D eigenvalue weighted by atomic mass is 32.2. The zero-order chi connectivity index (χ0) is 22.5. The molecule has 0 fully saturated rings. The molecule has 2 nitrogen and oxygen atoms in total. The van der Waals surface area contributed by atoms with E-state index in [0.29, 0.717) is 5.57 Å². The summed E-state index contributed by atoms with van der Waals surface area (Å²) in [5.74, 6) is -0.898. The molecule has 166 valence electrons. The number of benzene rings is 2. The molecule has 0 aromatic heterocycles. The maximum Gasteiger partial charge on any atom is 0.331 e. The summed E-state index contributed by atoms with van der Waals surface area (Å²) in [4.78, 5) is 12.0. The molecule has 31 heavy (non-hydrogen) atoms. The van der Waals surface area contributed by atoms with E-state index in [-0.39, 0.29) is 0 Å². The van der Waals surface area contributed by atoms with Gasteiger partial charge in [-0.05, 0) is 54.7 Å². The predicted octanol–water partition coefficient (Wildman–Crippen LogP) is 8.33. The zero-order valence-electron chi connectivity index (χ0n) is 18.7. The summed E-state index contributed by atoms with van der Waals surface area (Å²) in [5, 5.41) is 8.98. The molecule has 0 heterocycles. The number of rotatable bonds is 13. The summed E-state index contributed by atoms with van der Waals surface area (Å²) < 4.78 is 0.851. The number of carboxylic acids is 1. The minimum Gasteiger partial charge on any atom is -0.478 e. The van der Waals surface area contributed by atoms with E-state index in [1.165, 1.54) is 56.9 Å². The molecule has 0 radical (unpaired) electrons. The number of hydrogen-bond acceptors (Lipinski definition) is 3. The van der Waals surface area contributed by atoms with Gasteiger partial charge in [0, 0.05) is 10.5 Å². The molecule has 0 spiro atoms. The van der Waals surface area contributed by atoms with Crippen LogP contribution in [0.4, 0.5) is 0 Å². The van der Waals surface area contributed by atoms with Crippen LogP contribution in [0.1, 0.15) is 81.9 Å². The van der Waals surface area contributed by atoms with Crippen LogP contribution in [-0.4, -0.2) is 15.3 Å². The first-order valence-corrected chi connectivity index (χ1v) is 12.5. The van der Waals surface area contributed by atoms with Crippen LogP contribution in [0.2, 0.25) is 0 Å². The average molecular weight is 455 g/mol. The molecule has 0 bridgehead atoms. The SMILES string of the molecule is CCCCCCCCCCc1ccc(C(=S)Sc2ccc(C=C(C)C(=O)O)cc2)cc1. The molecule has 2 aromatic rings. The lowest BCUT2D eigenvalue weighted by atomic mass is 10.0. The van der Waals surface area contributed by atoms with Gasteiger partial charge in [-0.25, -0.2) is 4.79 Å². The number of thiocarbonyl (C=S) groups is 1. The van der Waals surface area contributed by atoms with Gasteiger partial charge in [0.25, 0.3) is 0 Å². The Balaban J connectivity index is 1.76. The minimum atomic E-state index is -0.898. The number of carbonyl (C=O) groups is 1. The van der Waals surface area contributed by atoms with Crippen LogP contribution in [0.3, 0.4) is 0 Å². The summed E-state index contributed by atoms with van der Waals surface area (Å²) in [7, 11) is 0. The zero-order valence-corrected chi connectivity index (χ0v) is 20.4. The average Bonchev–Trinajstić information content (AvgIpc) is 2.77. The van der Waals surface area contributed by atoms with Crippen molar-refractivity contribution in [3.63, 3.8) is 0 Å². The van der Waals surface area contributed by atoms with Gasteiger partial charge in [-0.1, -0.05) is 112 Å². The van der Waals surface area contributed by atoms with Crippen molar-refractivity contribution in [2.75, 3.05) is 0 Å². The van der Waals surface area contributed by atoms with Crippen molar-refractivity contribution in [2.45, 2.75) is 76.5 Å². The van der Waals surface area contributed by atoms with Crippen molar-refractivity contribution in [2.24, 2.45) is 0 Å². The first-order valence-electron chi connectivity index (χ1n) is 11.3. The Morgan fingerprint density at radius 1 is 0.903 bits per heavy atom. The number of aliphatic carboxylic acids is 1. The smallest absolute Gasteiger partial charge is 0.331 e. The predicted molar refractivity (Wildman–Crippen MR) is 138 cm³/mol. The highest BCUT2D eigenvalue weighted by molar-refractivity contribution is 8.23. The molecule has 4 heteroatoms. The van der Waals surface area contributed by atoms with Crippen molar-refractivity contribution in [1.29, 1.82) is 0 Å². The van der Waals surface area contributed by atoms with Crippen LogP contribution in [0.5, 0.6) is 0 Å². The van der Waals surface area contributed by atoms with Crippen molar-refractivity contribution in [1.82, 2.24) is 0 Å². The van der Waals surface area contributed by atoms with Gasteiger partial charge in [0.05, 0.1) is 4.20 Å².